The average Bonchev–Trinajstić information content (AvgIpc) is 2.41. The molecule has 0 bridgehead atoms. The normalized spacial score (nSPS) is 12.4. The first-order chi connectivity index (χ1) is 8.70. The van der Waals surface area contributed by atoms with E-state index in [-0.39, 0.29) is 0 Å². The summed E-state index contributed by atoms with van der Waals surface area (Å²) >= 11 is 5.21. The Morgan fingerprint density at radius 3 is 2.78 bits per heavy atom. The largest absolute Gasteiger partial charge is 0.313 e. The Bertz CT molecular complexity index is 519. The molecule has 2 aromatic rings. The molecule has 1 aromatic heterocycles. The summed E-state index contributed by atoms with van der Waals surface area (Å²) < 4.78 is 1.08. The van der Waals surface area contributed by atoms with Crippen LogP contribution in [0.2, 0.25) is 0 Å². The van der Waals surface area contributed by atoms with Crippen LogP contribution in [-0.2, 0) is 0 Å². The Labute approximate surface area is 120 Å². The maximum absolute atomic E-state index is 4.26. The molecule has 0 aliphatic heterocycles. The lowest BCUT2D eigenvalue weighted by atomic mass is 10.1. The summed E-state index contributed by atoms with van der Waals surface area (Å²) in [6, 6.07) is 6.72. The molecule has 2 rings (SSSR count). The molecule has 3 nitrogen and oxygen atoms in total. The van der Waals surface area contributed by atoms with E-state index in [1.807, 2.05) is 7.05 Å². The SMILES string of the molecule is CNC(C)c1ccc(Sc2cnccn2)c(Br)c1. The van der Waals surface area contributed by atoms with Crippen molar-refractivity contribution in [3.05, 3.63) is 46.8 Å². The molecule has 1 heterocycles. The zero-order chi connectivity index (χ0) is 13.0. The summed E-state index contributed by atoms with van der Waals surface area (Å²) in [6.45, 7) is 2.14. The quantitative estimate of drug-likeness (QED) is 0.931. The summed E-state index contributed by atoms with van der Waals surface area (Å²) in [5.41, 5.74) is 1.26. The van der Waals surface area contributed by atoms with Gasteiger partial charge in [0.25, 0.3) is 0 Å². The number of halogens is 1. The van der Waals surface area contributed by atoms with Crippen molar-refractivity contribution in [1.82, 2.24) is 15.3 Å². The Morgan fingerprint density at radius 1 is 1.33 bits per heavy atom. The molecule has 0 saturated heterocycles. The van der Waals surface area contributed by atoms with E-state index in [9.17, 15) is 0 Å². The van der Waals surface area contributed by atoms with Crippen LogP contribution in [0.25, 0.3) is 0 Å². The molecular formula is C13H14BrN3S. The van der Waals surface area contributed by atoms with Crippen LogP contribution >= 0.6 is 27.7 Å². The fourth-order valence-electron chi connectivity index (χ4n) is 1.49. The molecule has 0 aliphatic rings. The fraction of sp³-hybridized carbons (Fsp3) is 0.231. The second-order valence-corrected chi connectivity index (χ2v) is 5.76. The van der Waals surface area contributed by atoms with Crippen molar-refractivity contribution >= 4 is 27.7 Å². The lowest BCUT2D eigenvalue weighted by Crippen LogP contribution is -2.12. The molecule has 94 valence electrons. The van der Waals surface area contributed by atoms with E-state index >= 15 is 0 Å². The van der Waals surface area contributed by atoms with E-state index in [2.05, 4.69) is 56.3 Å². The van der Waals surface area contributed by atoms with Gasteiger partial charge in [0.1, 0.15) is 5.03 Å². The number of aromatic nitrogens is 2. The maximum atomic E-state index is 4.26. The third-order valence-electron chi connectivity index (χ3n) is 2.64. The molecule has 0 aliphatic carbocycles. The van der Waals surface area contributed by atoms with Crippen LogP contribution in [0.15, 0.2) is 51.2 Å². The van der Waals surface area contributed by atoms with Gasteiger partial charge in [0.15, 0.2) is 0 Å². The molecule has 1 N–H and O–H groups in total. The first-order valence-corrected chi connectivity index (χ1v) is 7.22. The lowest BCUT2D eigenvalue weighted by Gasteiger charge is -2.12. The van der Waals surface area contributed by atoms with Crippen LogP contribution < -0.4 is 5.32 Å². The van der Waals surface area contributed by atoms with Gasteiger partial charge in [0, 0.05) is 27.8 Å². The summed E-state index contributed by atoms with van der Waals surface area (Å²) in [7, 11) is 1.96. The van der Waals surface area contributed by atoms with Gasteiger partial charge in [-0.25, -0.2) is 4.98 Å². The molecule has 0 fully saturated rings. The third kappa shape index (κ3) is 3.31. The summed E-state index contributed by atoms with van der Waals surface area (Å²) in [4.78, 5) is 9.46. The number of nitrogens with one attached hydrogen (secondary N) is 1. The van der Waals surface area contributed by atoms with E-state index in [0.717, 1.165) is 14.4 Å². The summed E-state index contributed by atoms with van der Waals surface area (Å²) in [5.74, 6) is 0. The highest BCUT2D eigenvalue weighted by Gasteiger charge is 2.08. The van der Waals surface area contributed by atoms with E-state index in [4.69, 9.17) is 0 Å². The van der Waals surface area contributed by atoms with E-state index in [0.29, 0.717) is 6.04 Å². The predicted octanol–water partition coefficient (Wildman–Crippen LogP) is 3.67. The Morgan fingerprint density at radius 2 is 2.17 bits per heavy atom. The van der Waals surface area contributed by atoms with Crippen LogP contribution in [0, 0.1) is 0 Å². The molecule has 0 spiro atoms. The number of nitrogens with zero attached hydrogens (tertiary/aromatic N) is 2. The van der Waals surface area contributed by atoms with Crippen LogP contribution in [-0.4, -0.2) is 17.0 Å². The van der Waals surface area contributed by atoms with Gasteiger partial charge in [0.05, 0.1) is 6.20 Å². The minimum Gasteiger partial charge on any atom is -0.313 e. The van der Waals surface area contributed by atoms with E-state index in [1.165, 1.54) is 5.56 Å². The minimum absolute atomic E-state index is 0.344. The molecule has 18 heavy (non-hydrogen) atoms. The van der Waals surface area contributed by atoms with E-state index in [1.54, 1.807) is 30.4 Å². The molecule has 0 saturated carbocycles. The number of benzene rings is 1. The highest BCUT2D eigenvalue weighted by Crippen LogP contribution is 2.33. The molecule has 1 aromatic carbocycles. The second kappa shape index (κ2) is 6.31. The van der Waals surface area contributed by atoms with Gasteiger partial charge in [-0.2, -0.15) is 0 Å². The van der Waals surface area contributed by atoms with Crippen LogP contribution in [0.3, 0.4) is 0 Å². The van der Waals surface area contributed by atoms with Crippen molar-refractivity contribution in [2.45, 2.75) is 22.9 Å². The van der Waals surface area contributed by atoms with Crippen LogP contribution in [0.4, 0.5) is 0 Å². The van der Waals surface area contributed by atoms with Crippen LogP contribution in [0.1, 0.15) is 18.5 Å². The number of rotatable bonds is 4. The van der Waals surface area contributed by atoms with Gasteiger partial charge in [-0.15, -0.1) is 0 Å². The number of hydrogen-bond acceptors (Lipinski definition) is 4. The van der Waals surface area contributed by atoms with Gasteiger partial charge < -0.3 is 5.32 Å². The standard InChI is InChI=1S/C13H14BrN3S/c1-9(15-2)10-3-4-12(11(14)7-10)18-13-8-16-5-6-17-13/h3-9,15H,1-2H3. The Kier molecular flexibility index (Phi) is 4.74. The first-order valence-electron chi connectivity index (χ1n) is 5.61. The van der Waals surface area contributed by atoms with E-state index < -0.39 is 0 Å². The van der Waals surface area contributed by atoms with Crippen molar-refractivity contribution < 1.29 is 0 Å². The molecule has 1 atom stereocenters. The lowest BCUT2D eigenvalue weighted by molar-refractivity contribution is 0.651. The summed E-state index contributed by atoms with van der Waals surface area (Å²) in [5, 5.41) is 4.12. The third-order valence-corrected chi connectivity index (χ3v) is 4.56. The molecule has 0 amide bonds. The predicted molar refractivity (Wildman–Crippen MR) is 77.8 cm³/mol. The van der Waals surface area contributed by atoms with Gasteiger partial charge in [-0.3, -0.25) is 4.98 Å². The van der Waals surface area contributed by atoms with Crippen molar-refractivity contribution in [2.24, 2.45) is 0 Å². The van der Waals surface area contributed by atoms with Crippen molar-refractivity contribution in [2.75, 3.05) is 7.05 Å². The zero-order valence-corrected chi connectivity index (χ0v) is 12.6. The molecule has 1 unspecified atom stereocenters. The van der Waals surface area contributed by atoms with Gasteiger partial charge in [0.2, 0.25) is 0 Å². The first kappa shape index (κ1) is 13.5. The van der Waals surface area contributed by atoms with Crippen molar-refractivity contribution in [3.8, 4) is 0 Å². The number of hydrogen-bond donors (Lipinski definition) is 1. The molecule has 5 heteroatoms. The second-order valence-electron chi connectivity index (χ2n) is 3.85. The molecule has 0 radical (unpaired) electrons. The topological polar surface area (TPSA) is 37.8 Å². The highest BCUT2D eigenvalue weighted by molar-refractivity contribution is 9.10. The Hall–Kier alpha value is -0.910. The fourth-order valence-corrected chi connectivity index (χ4v) is 2.87. The van der Waals surface area contributed by atoms with Crippen LogP contribution in [0.5, 0.6) is 0 Å². The summed E-state index contributed by atoms with van der Waals surface area (Å²) in [6.07, 6.45) is 5.14. The minimum atomic E-state index is 0.344. The monoisotopic (exact) mass is 323 g/mol. The highest BCUT2D eigenvalue weighted by atomic mass is 79.9. The smallest absolute Gasteiger partial charge is 0.119 e. The van der Waals surface area contributed by atoms with Gasteiger partial charge in [-0.1, -0.05) is 17.8 Å². The maximum Gasteiger partial charge on any atom is 0.119 e. The molecular weight excluding hydrogens is 310 g/mol. The van der Waals surface area contributed by atoms with Gasteiger partial charge >= 0.3 is 0 Å². The Balaban J connectivity index is 2.20. The zero-order valence-electron chi connectivity index (χ0n) is 10.2. The average molecular weight is 324 g/mol. The van der Waals surface area contributed by atoms with Crippen molar-refractivity contribution in [1.29, 1.82) is 0 Å². The van der Waals surface area contributed by atoms with Crippen molar-refractivity contribution in [3.63, 3.8) is 0 Å². The van der Waals surface area contributed by atoms with Gasteiger partial charge in [-0.05, 0) is 47.6 Å².